The molecular weight excluding hydrogens is 482 g/mol. The Kier molecular flexibility index (Phi) is 7.84. The summed E-state index contributed by atoms with van der Waals surface area (Å²) in [6, 6.07) is 14.0. The first-order valence-corrected chi connectivity index (χ1v) is 12.2. The summed E-state index contributed by atoms with van der Waals surface area (Å²) in [7, 11) is 4.58. The third kappa shape index (κ3) is 5.18. The van der Waals surface area contributed by atoms with Gasteiger partial charge in [0, 0.05) is 6.07 Å². The molecule has 0 fully saturated rings. The topological polar surface area (TPSA) is 105 Å². The number of para-hydroxylation sites is 2. The zero-order valence-electron chi connectivity index (χ0n) is 20.4. The van der Waals surface area contributed by atoms with Crippen molar-refractivity contribution >= 4 is 34.3 Å². The summed E-state index contributed by atoms with van der Waals surface area (Å²) in [5.74, 6) is 1.81. The van der Waals surface area contributed by atoms with Crippen molar-refractivity contribution in [3.05, 3.63) is 70.9 Å². The normalized spacial score (nSPS) is 11.8. The standard InChI is InChI=1S/C26H27N3O6S/c1-5-23(24(30)27-18-10-6-7-11-20(18)32-2)36-26-28-19-14-22(34-4)21(33-3)13-17(19)25(31)29(26)15-16-9-8-12-35-16/h6-14,23H,5,15H2,1-4H3,(H,27,30). The zero-order chi connectivity index (χ0) is 25.7. The Balaban J connectivity index is 1.75. The van der Waals surface area contributed by atoms with Crippen LogP contribution in [0.15, 0.2) is 69.2 Å². The zero-order valence-corrected chi connectivity index (χ0v) is 21.3. The number of benzene rings is 2. The summed E-state index contributed by atoms with van der Waals surface area (Å²) in [6.45, 7) is 2.07. The van der Waals surface area contributed by atoms with Crippen LogP contribution in [0.3, 0.4) is 0 Å². The van der Waals surface area contributed by atoms with Gasteiger partial charge >= 0.3 is 0 Å². The number of furan rings is 1. The molecule has 0 saturated heterocycles. The molecule has 36 heavy (non-hydrogen) atoms. The van der Waals surface area contributed by atoms with E-state index in [0.29, 0.717) is 51.2 Å². The molecular formula is C26H27N3O6S. The molecule has 0 aliphatic heterocycles. The average Bonchev–Trinajstić information content (AvgIpc) is 3.42. The van der Waals surface area contributed by atoms with Gasteiger partial charge in [0.25, 0.3) is 5.56 Å². The van der Waals surface area contributed by atoms with Crippen molar-refractivity contribution in [2.45, 2.75) is 30.3 Å². The van der Waals surface area contributed by atoms with Crippen molar-refractivity contribution in [3.63, 3.8) is 0 Å². The Labute approximate surface area is 212 Å². The fourth-order valence-electron chi connectivity index (χ4n) is 3.73. The Bertz CT molecular complexity index is 1420. The summed E-state index contributed by atoms with van der Waals surface area (Å²) < 4.78 is 23.1. The highest BCUT2D eigenvalue weighted by Crippen LogP contribution is 2.33. The third-order valence-electron chi connectivity index (χ3n) is 5.59. The van der Waals surface area contributed by atoms with Gasteiger partial charge in [0.1, 0.15) is 11.5 Å². The number of nitrogens with one attached hydrogen (secondary N) is 1. The number of hydrogen-bond acceptors (Lipinski definition) is 8. The Morgan fingerprint density at radius 1 is 1.06 bits per heavy atom. The predicted octanol–water partition coefficient (Wildman–Crippen LogP) is 4.57. The molecule has 4 rings (SSSR count). The highest BCUT2D eigenvalue weighted by molar-refractivity contribution is 8.00. The molecule has 2 aromatic heterocycles. The van der Waals surface area contributed by atoms with E-state index in [0.717, 1.165) is 0 Å². The second-order valence-electron chi connectivity index (χ2n) is 7.79. The molecule has 0 aliphatic carbocycles. The third-order valence-corrected chi connectivity index (χ3v) is 6.95. The Hall–Kier alpha value is -3.92. The van der Waals surface area contributed by atoms with Gasteiger partial charge in [-0.15, -0.1) is 0 Å². The maximum absolute atomic E-state index is 13.6. The summed E-state index contributed by atoms with van der Waals surface area (Å²) in [4.78, 5) is 31.6. The number of nitrogens with zero attached hydrogens (tertiary/aromatic N) is 2. The van der Waals surface area contributed by atoms with E-state index in [2.05, 4.69) is 5.32 Å². The molecule has 0 bridgehead atoms. The van der Waals surface area contributed by atoms with Crippen LogP contribution in [0.4, 0.5) is 5.69 Å². The number of aromatic nitrogens is 2. The number of fused-ring (bicyclic) bond motifs is 1. The number of carbonyl (C=O) groups is 1. The van der Waals surface area contributed by atoms with Crippen LogP contribution in [0, 0.1) is 0 Å². The first-order chi connectivity index (χ1) is 17.5. The van der Waals surface area contributed by atoms with E-state index in [1.54, 1.807) is 49.8 Å². The second-order valence-corrected chi connectivity index (χ2v) is 8.96. The van der Waals surface area contributed by atoms with Gasteiger partial charge < -0.3 is 23.9 Å². The number of ether oxygens (including phenoxy) is 3. The van der Waals surface area contributed by atoms with E-state index in [1.807, 2.05) is 19.1 Å². The molecule has 0 saturated carbocycles. The fourth-order valence-corrected chi connectivity index (χ4v) is 4.74. The van der Waals surface area contributed by atoms with Crippen molar-refractivity contribution in [1.82, 2.24) is 9.55 Å². The van der Waals surface area contributed by atoms with E-state index >= 15 is 0 Å². The van der Waals surface area contributed by atoms with Crippen molar-refractivity contribution < 1.29 is 23.4 Å². The van der Waals surface area contributed by atoms with Gasteiger partial charge in [0.2, 0.25) is 5.91 Å². The summed E-state index contributed by atoms with van der Waals surface area (Å²) >= 11 is 1.22. The van der Waals surface area contributed by atoms with E-state index in [1.165, 1.54) is 30.5 Å². The molecule has 10 heteroatoms. The van der Waals surface area contributed by atoms with E-state index in [9.17, 15) is 9.59 Å². The monoisotopic (exact) mass is 509 g/mol. The smallest absolute Gasteiger partial charge is 0.262 e. The highest BCUT2D eigenvalue weighted by Gasteiger charge is 2.24. The number of carbonyl (C=O) groups excluding carboxylic acids is 1. The molecule has 0 radical (unpaired) electrons. The van der Waals surface area contributed by atoms with Crippen LogP contribution in [-0.4, -0.2) is 42.0 Å². The molecule has 9 nitrogen and oxygen atoms in total. The van der Waals surface area contributed by atoms with Crippen molar-refractivity contribution in [2.24, 2.45) is 0 Å². The SMILES string of the molecule is CCC(Sc1nc2cc(OC)c(OC)cc2c(=O)n1Cc1ccco1)C(=O)Nc1ccccc1OC. The summed E-state index contributed by atoms with van der Waals surface area (Å²) in [6.07, 6.45) is 2.05. The van der Waals surface area contributed by atoms with Crippen molar-refractivity contribution in [3.8, 4) is 17.2 Å². The Morgan fingerprint density at radius 3 is 2.44 bits per heavy atom. The maximum Gasteiger partial charge on any atom is 0.262 e. The minimum Gasteiger partial charge on any atom is -0.495 e. The average molecular weight is 510 g/mol. The minimum absolute atomic E-state index is 0.163. The lowest BCUT2D eigenvalue weighted by molar-refractivity contribution is -0.115. The number of anilines is 1. The predicted molar refractivity (Wildman–Crippen MR) is 138 cm³/mol. The molecule has 0 spiro atoms. The van der Waals surface area contributed by atoms with Crippen LogP contribution in [0.2, 0.25) is 0 Å². The lowest BCUT2D eigenvalue weighted by Crippen LogP contribution is -2.28. The molecule has 1 N–H and O–H groups in total. The number of methoxy groups -OCH3 is 3. The molecule has 2 aromatic carbocycles. The number of rotatable bonds is 10. The maximum atomic E-state index is 13.6. The van der Waals surface area contributed by atoms with Crippen LogP contribution in [0.5, 0.6) is 17.2 Å². The number of hydrogen-bond donors (Lipinski definition) is 1. The van der Waals surface area contributed by atoms with Gasteiger partial charge in [-0.25, -0.2) is 4.98 Å². The van der Waals surface area contributed by atoms with E-state index < -0.39 is 5.25 Å². The van der Waals surface area contributed by atoms with E-state index in [4.69, 9.17) is 23.6 Å². The molecule has 2 heterocycles. The Morgan fingerprint density at radius 2 is 1.78 bits per heavy atom. The molecule has 1 unspecified atom stereocenters. The molecule has 188 valence electrons. The van der Waals surface area contributed by atoms with Gasteiger partial charge in [0.15, 0.2) is 16.7 Å². The van der Waals surface area contributed by atoms with E-state index in [-0.39, 0.29) is 18.0 Å². The van der Waals surface area contributed by atoms with Gasteiger partial charge in [-0.1, -0.05) is 30.8 Å². The van der Waals surface area contributed by atoms with Crippen LogP contribution in [0.1, 0.15) is 19.1 Å². The number of amides is 1. The van der Waals surface area contributed by atoms with Crippen LogP contribution >= 0.6 is 11.8 Å². The van der Waals surface area contributed by atoms with Crippen LogP contribution < -0.4 is 25.1 Å². The molecule has 4 aromatic rings. The van der Waals surface area contributed by atoms with Crippen molar-refractivity contribution in [2.75, 3.05) is 26.6 Å². The highest BCUT2D eigenvalue weighted by atomic mass is 32.2. The first kappa shape index (κ1) is 25.2. The minimum atomic E-state index is -0.526. The van der Waals surface area contributed by atoms with Gasteiger partial charge in [0.05, 0.1) is 56.0 Å². The molecule has 1 amide bonds. The molecule has 0 aliphatic rings. The number of thioether (sulfide) groups is 1. The van der Waals surface area contributed by atoms with Crippen LogP contribution in [0.25, 0.3) is 10.9 Å². The summed E-state index contributed by atoms with van der Waals surface area (Å²) in [5.41, 5.74) is 0.732. The van der Waals surface area contributed by atoms with Crippen molar-refractivity contribution in [1.29, 1.82) is 0 Å². The fraction of sp³-hybridized carbons (Fsp3) is 0.269. The quantitative estimate of drug-likeness (QED) is 0.245. The van der Waals surface area contributed by atoms with Gasteiger partial charge in [-0.2, -0.15) is 0 Å². The largest absolute Gasteiger partial charge is 0.495 e. The lowest BCUT2D eigenvalue weighted by atomic mass is 10.2. The second kappa shape index (κ2) is 11.2. The lowest BCUT2D eigenvalue weighted by Gasteiger charge is -2.19. The van der Waals surface area contributed by atoms with Crippen LogP contribution in [-0.2, 0) is 11.3 Å². The first-order valence-electron chi connectivity index (χ1n) is 11.3. The van der Waals surface area contributed by atoms with Gasteiger partial charge in [-0.3, -0.25) is 14.2 Å². The van der Waals surface area contributed by atoms with Gasteiger partial charge in [-0.05, 0) is 36.8 Å². The molecule has 1 atom stereocenters. The summed E-state index contributed by atoms with van der Waals surface area (Å²) in [5, 5.41) is 3.16.